The molecule has 0 radical (unpaired) electrons. The number of piperidine rings is 1. The van der Waals surface area contributed by atoms with Gasteiger partial charge in [-0.2, -0.15) is 0 Å². The monoisotopic (exact) mass is 299 g/mol. The van der Waals surface area contributed by atoms with Gasteiger partial charge in [0.2, 0.25) is 5.76 Å². The summed E-state index contributed by atoms with van der Waals surface area (Å²) in [7, 11) is 0. The van der Waals surface area contributed by atoms with Crippen LogP contribution in [0.25, 0.3) is 0 Å². The van der Waals surface area contributed by atoms with Gasteiger partial charge in [-0.15, -0.1) is 0 Å². The van der Waals surface area contributed by atoms with Crippen LogP contribution in [0.4, 0.5) is 0 Å². The van der Waals surface area contributed by atoms with Crippen molar-refractivity contribution in [2.75, 3.05) is 13.1 Å². The fourth-order valence-corrected chi connectivity index (χ4v) is 3.00. The first-order valence-corrected chi connectivity index (χ1v) is 7.90. The largest absolute Gasteiger partial charge is 0.351 e. The molecule has 0 aliphatic carbocycles. The summed E-state index contributed by atoms with van der Waals surface area (Å²) in [6.45, 7) is 3.57. The van der Waals surface area contributed by atoms with Gasteiger partial charge in [-0.25, -0.2) is 0 Å². The molecule has 3 rings (SSSR count). The molecule has 1 aliphatic heterocycles. The molecule has 1 atom stereocenters. The van der Waals surface area contributed by atoms with E-state index in [0.717, 1.165) is 44.5 Å². The van der Waals surface area contributed by atoms with Crippen molar-refractivity contribution in [2.24, 2.45) is 5.92 Å². The Morgan fingerprint density at radius 2 is 2.41 bits per heavy atom. The van der Waals surface area contributed by atoms with E-state index in [0.29, 0.717) is 11.7 Å². The SMILES string of the molecule is CCc1cc(C(=O)N2CCCC(Cc3cccnc3)C2)on1. The maximum atomic E-state index is 12.5. The number of hydrogen-bond donors (Lipinski definition) is 0. The molecule has 2 aromatic heterocycles. The van der Waals surface area contributed by atoms with Crippen LogP contribution in [0.15, 0.2) is 35.1 Å². The number of amides is 1. The van der Waals surface area contributed by atoms with Crippen molar-refractivity contribution >= 4 is 5.91 Å². The summed E-state index contributed by atoms with van der Waals surface area (Å²) in [5.74, 6) is 0.803. The second-order valence-electron chi connectivity index (χ2n) is 5.86. The zero-order chi connectivity index (χ0) is 15.4. The number of carbonyl (C=O) groups is 1. The molecule has 22 heavy (non-hydrogen) atoms. The second kappa shape index (κ2) is 6.73. The highest BCUT2D eigenvalue weighted by atomic mass is 16.5. The van der Waals surface area contributed by atoms with Crippen LogP contribution in [0.5, 0.6) is 0 Å². The quantitative estimate of drug-likeness (QED) is 0.871. The summed E-state index contributed by atoms with van der Waals surface area (Å²) >= 11 is 0. The first-order valence-electron chi connectivity index (χ1n) is 7.90. The summed E-state index contributed by atoms with van der Waals surface area (Å²) in [6.07, 6.45) is 7.62. The van der Waals surface area contributed by atoms with Crippen LogP contribution in [0.1, 0.15) is 41.6 Å². The zero-order valence-corrected chi connectivity index (χ0v) is 12.9. The lowest BCUT2D eigenvalue weighted by molar-refractivity contribution is 0.0631. The van der Waals surface area contributed by atoms with Gasteiger partial charge in [-0.1, -0.05) is 18.1 Å². The van der Waals surface area contributed by atoms with Gasteiger partial charge in [0.1, 0.15) is 0 Å². The molecule has 0 saturated carbocycles. The third-order valence-electron chi connectivity index (χ3n) is 4.19. The molecular weight excluding hydrogens is 278 g/mol. The predicted molar refractivity (Wildman–Crippen MR) is 82.4 cm³/mol. The predicted octanol–water partition coefficient (Wildman–Crippen LogP) is 2.73. The van der Waals surface area contributed by atoms with E-state index in [1.165, 1.54) is 5.56 Å². The lowest BCUT2D eigenvalue weighted by atomic mass is 9.92. The topological polar surface area (TPSA) is 59.2 Å². The Labute approximate surface area is 130 Å². The molecular formula is C17H21N3O2. The minimum atomic E-state index is -0.0388. The fourth-order valence-electron chi connectivity index (χ4n) is 3.00. The van der Waals surface area contributed by atoms with E-state index < -0.39 is 0 Å². The average molecular weight is 299 g/mol. The normalized spacial score (nSPS) is 18.4. The molecule has 5 nitrogen and oxygen atoms in total. The molecule has 116 valence electrons. The Morgan fingerprint density at radius 3 is 3.14 bits per heavy atom. The Hall–Kier alpha value is -2.17. The molecule has 1 fully saturated rings. The summed E-state index contributed by atoms with van der Waals surface area (Å²) in [5, 5.41) is 3.91. The molecule has 0 N–H and O–H groups in total. The van der Waals surface area contributed by atoms with Crippen LogP contribution in [0, 0.1) is 5.92 Å². The van der Waals surface area contributed by atoms with Gasteiger partial charge in [0.15, 0.2) is 0 Å². The molecule has 3 heterocycles. The van der Waals surface area contributed by atoms with Gasteiger partial charge in [-0.05, 0) is 43.2 Å². The molecule has 1 aliphatic rings. The van der Waals surface area contributed by atoms with E-state index in [-0.39, 0.29) is 5.91 Å². The number of aromatic nitrogens is 2. The van der Waals surface area contributed by atoms with E-state index in [1.54, 1.807) is 12.3 Å². The Morgan fingerprint density at radius 1 is 1.50 bits per heavy atom. The van der Waals surface area contributed by atoms with Crippen molar-refractivity contribution in [2.45, 2.75) is 32.6 Å². The van der Waals surface area contributed by atoms with Gasteiger partial charge < -0.3 is 9.42 Å². The zero-order valence-electron chi connectivity index (χ0n) is 12.9. The number of aryl methyl sites for hydroxylation is 1. The number of nitrogens with zero attached hydrogens (tertiary/aromatic N) is 3. The van der Waals surface area contributed by atoms with Crippen LogP contribution in [-0.2, 0) is 12.8 Å². The van der Waals surface area contributed by atoms with E-state index >= 15 is 0 Å². The minimum absolute atomic E-state index is 0.0388. The smallest absolute Gasteiger partial charge is 0.292 e. The van der Waals surface area contributed by atoms with Crippen LogP contribution >= 0.6 is 0 Å². The molecule has 1 unspecified atom stereocenters. The summed E-state index contributed by atoms with van der Waals surface area (Å²) in [5.41, 5.74) is 2.06. The van der Waals surface area contributed by atoms with Crippen LogP contribution in [0.3, 0.4) is 0 Å². The lowest BCUT2D eigenvalue weighted by Crippen LogP contribution is -2.40. The number of hydrogen-bond acceptors (Lipinski definition) is 4. The van der Waals surface area contributed by atoms with Crippen molar-refractivity contribution < 1.29 is 9.32 Å². The average Bonchev–Trinajstić information content (AvgIpc) is 3.04. The molecule has 5 heteroatoms. The summed E-state index contributed by atoms with van der Waals surface area (Å²) in [4.78, 5) is 18.6. The van der Waals surface area contributed by atoms with Crippen LogP contribution in [0.2, 0.25) is 0 Å². The maximum Gasteiger partial charge on any atom is 0.292 e. The van der Waals surface area contributed by atoms with Gasteiger partial charge in [0.05, 0.1) is 5.69 Å². The molecule has 0 spiro atoms. The number of carbonyl (C=O) groups excluding carboxylic acids is 1. The van der Waals surface area contributed by atoms with Crippen molar-refractivity contribution in [1.82, 2.24) is 15.0 Å². The Bertz CT molecular complexity index is 624. The first kappa shape index (κ1) is 14.8. The van der Waals surface area contributed by atoms with Gasteiger partial charge >= 0.3 is 0 Å². The molecule has 0 aromatic carbocycles. The van der Waals surface area contributed by atoms with E-state index in [2.05, 4.69) is 16.2 Å². The Balaban J connectivity index is 1.63. The van der Waals surface area contributed by atoms with Gasteiger partial charge in [0, 0.05) is 31.5 Å². The highest BCUT2D eigenvalue weighted by Crippen LogP contribution is 2.22. The van der Waals surface area contributed by atoms with Gasteiger partial charge in [-0.3, -0.25) is 9.78 Å². The van der Waals surface area contributed by atoms with Crippen molar-refractivity contribution in [3.63, 3.8) is 0 Å². The third kappa shape index (κ3) is 3.35. The summed E-state index contributed by atoms with van der Waals surface area (Å²) < 4.78 is 5.17. The van der Waals surface area contributed by atoms with Crippen LogP contribution in [-0.4, -0.2) is 34.0 Å². The van der Waals surface area contributed by atoms with Crippen molar-refractivity contribution in [1.29, 1.82) is 0 Å². The third-order valence-corrected chi connectivity index (χ3v) is 4.19. The summed E-state index contributed by atoms with van der Waals surface area (Å²) in [6, 6.07) is 5.81. The number of rotatable bonds is 4. The van der Waals surface area contributed by atoms with Crippen molar-refractivity contribution in [3.8, 4) is 0 Å². The molecule has 0 bridgehead atoms. The molecule has 1 amide bonds. The van der Waals surface area contributed by atoms with Crippen molar-refractivity contribution in [3.05, 3.63) is 47.6 Å². The first-order chi connectivity index (χ1) is 10.8. The fraction of sp³-hybridized carbons (Fsp3) is 0.471. The van der Waals surface area contributed by atoms with E-state index in [1.807, 2.05) is 24.1 Å². The van der Waals surface area contributed by atoms with E-state index in [9.17, 15) is 4.79 Å². The number of likely N-dealkylation sites (tertiary alicyclic amines) is 1. The maximum absolute atomic E-state index is 12.5. The highest BCUT2D eigenvalue weighted by Gasteiger charge is 2.26. The standard InChI is InChI=1S/C17H21N3O2/c1-2-15-10-16(22-19-15)17(21)20-8-4-6-14(12-20)9-13-5-3-7-18-11-13/h3,5,7,10-11,14H,2,4,6,8-9,12H2,1H3. The lowest BCUT2D eigenvalue weighted by Gasteiger charge is -2.32. The Kier molecular flexibility index (Phi) is 4.51. The second-order valence-corrected chi connectivity index (χ2v) is 5.86. The molecule has 1 saturated heterocycles. The minimum Gasteiger partial charge on any atom is -0.351 e. The number of pyridine rings is 1. The van der Waals surface area contributed by atoms with Gasteiger partial charge in [0.25, 0.3) is 5.91 Å². The van der Waals surface area contributed by atoms with E-state index in [4.69, 9.17) is 4.52 Å². The van der Waals surface area contributed by atoms with Crippen LogP contribution < -0.4 is 0 Å². The molecule has 2 aromatic rings. The highest BCUT2D eigenvalue weighted by molar-refractivity contribution is 5.91.